The number of nitrogens with zero attached hydrogens (tertiary/aromatic N) is 1. The summed E-state index contributed by atoms with van der Waals surface area (Å²) in [6, 6.07) is 3.36. The van der Waals surface area contributed by atoms with Gasteiger partial charge in [-0.05, 0) is 73.8 Å². The van der Waals surface area contributed by atoms with Gasteiger partial charge in [0.15, 0.2) is 6.61 Å². The Hall–Kier alpha value is -2.11. The van der Waals surface area contributed by atoms with Crippen LogP contribution in [0.15, 0.2) is 24.5 Å². The van der Waals surface area contributed by atoms with Gasteiger partial charge < -0.3 is 14.2 Å². The molecular formula is C23H31NO5. The van der Waals surface area contributed by atoms with E-state index in [1.54, 1.807) is 24.5 Å². The molecule has 158 valence electrons. The minimum absolute atomic E-state index is 0.0415. The van der Waals surface area contributed by atoms with Gasteiger partial charge in [-0.15, -0.1) is 0 Å². The number of hydrogen-bond donors (Lipinski definition) is 0. The summed E-state index contributed by atoms with van der Waals surface area (Å²) in [7, 11) is 0. The highest BCUT2D eigenvalue weighted by molar-refractivity contribution is 5.71. The summed E-state index contributed by atoms with van der Waals surface area (Å²) < 4.78 is 16.1. The number of rotatable bonds is 9. The standard InChI is InChI=1S/C23H31NO5/c1-16(14-29-22(26)15-27-20-2-4-24-5-3-20)13-28-21(25)12-23-9-17-6-18(10-23)8-19(7-17)11-23/h2-5,16-19H,6-15H2,1H3. The van der Waals surface area contributed by atoms with E-state index in [9.17, 15) is 9.59 Å². The first-order chi connectivity index (χ1) is 14.0. The fourth-order valence-corrected chi connectivity index (χ4v) is 6.00. The zero-order chi connectivity index (χ0) is 20.3. The van der Waals surface area contributed by atoms with Crippen molar-refractivity contribution in [2.45, 2.75) is 51.9 Å². The van der Waals surface area contributed by atoms with Crippen LogP contribution >= 0.6 is 0 Å². The lowest BCUT2D eigenvalue weighted by Crippen LogP contribution is -2.47. The van der Waals surface area contributed by atoms with E-state index in [2.05, 4.69) is 4.98 Å². The molecule has 0 N–H and O–H groups in total. The largest absolute Gasteiger partial charge is 0.482 e. The molecule has 0 amide bonds. The van der Waals surface area contributed by atoms with Crippen LogP contribution in [0.2, 0.25) is 0 Å². The third-order valence-electron chi connectivity index (χ3n) is 6.75. The normalized spacial score (nSPS) is 30.6. The average Bonchev–Trinajstić information content (AvgIpc) is 2.68. The van der Waals surface area contributed by atoms with Crippen molar-refractivity contribution in [2.24, 2.45) is 29.1 Å². The molecule has 4 aliphatic rings. The summed E-state index contributed by atoms with van der Waals surface area (Å²) >= 11 is 0. The number of esters is 2. The smallest absolute Gasteiger partial charge is 0.344 e. The minimum Gasteiger partial charge on any atom is -0.482 e. The van der Waals surface area contributed by atoms with Crippen molar-refractivity contribution in [3.05, 3.63) is 24.5 Å². The number of hydrogen-bond acceptors (Lipinski definition) is 6. The van der Waals surface area contributed by atoms with Crippen LogP contribution in [0.4, 0.5) is 0 Å². The highest BCUT2D eigenvalue weighted by atomic mass is 16.6. The van der Waals surface area contributed by atoms with Gasteiger partial charge in [0.05, 0.1) is 19.6 Å². The number of pyridine rings is 1. The molecule has 6 heteroatoms. The zero-order valence-corrected chi connectivity index (χ0v) is 17.2. The molecule has 1 aromatic rings. The zero-order valence-electron chi connectivity index (χ0n) is 17.2. The summed E-state index contributed by atoms with van der Waals surface area (Å²) in [5, 5.41) is 0. The quantitative estimate of drug-likeness (QED) is 0.586. The summed E-state index contributed by atoms with van der Waals surface area (Å²) in [4.78, 5) is 28.2. The first kappa shape index (κ1) is 20.2. The van der Waals surface area contributed by atoms with Crippen molar-refractivity contribution < 1.29 is 23.8 Å². The van der Waals surface area contributed by atoms with Gasteiger partial charge in [-0.1, -0.05) is 6.92 Å². The maximum atomic E-state index is 12.5. The van der Waals surface area contributed by atoms with Crippen LogP contribution in [-0.2, 0) is 19.1 Å². The van der Waals surface area contributed by atoms with Crippen molar-refractivity contribution in [1.29, 1.82) is 0 Å². The van der Waals surface area contributed by atoms with Gasteiger partial charge in [-0.2, -0.15) is 0 Å². The van der Waals surface area contributed by atoms with Gasteiger partial charge in [0.25, 0.3) is 0 Å². The molecule has 0 aliphatic heterocycles. The third kappa shape index (κ3) is 5.28. The predicted octanol–water partition coefficient (Wildman–Crippen LogP) is 3.79. The molecule has 6 nitrogen and oxygen atoms in total. The SMILES string of the molecule is CC(COC(=O)COc1ccncc1)COC(=O)CC12CC3CC(CC(C3)C1)C2. The second-order valence-corrected chi connectivity index (χ2v) is 9.54. The molecule has 29 heavy (non-hydrogen) atoms. The van der Waals surface area contributed by atoms with Crippen LogP contribution in [0.1, 0.15) is 51.9 Å². The lowest BCUT2D eigenvalue weighted by atomic mass is 9.49. The van der Waals surface area contributed by atoms with Gasteiger partial charge in [0.1, 0.15) is 5.75 Å². The second kappa shape index (κ2) is 8.72. The Kier molecular flexibility index (Phi) is 6.07. The van der Waals surface area contributed by atoms with Crippen LogP contribution in [0.25, 0.3) is 0 Å². The average molecular weight is 402 g/mol. The maximum absolute atomic E-state index is 12.5. The van der Waals surface area contributed by atoms with Crippen molar-refractivity contribution in [1.82, 2.24) is 4.98 Å². The number of aromatic nitrogens is 1. The molecule has 4 fully saturated rings. The van der Waals surface area contributed by atoms with E-state index in [1.165, 1.54) is 38.5 Å². The van der Waals surface area contributed by atoms with E-state index in [0.717, 1.165) is 17.8 Å². The Morgan fingerprint density at radius 3 is 2.14 bits per heavy atom. The summed E-state index contributed by atoms with van der Waals surface area (Å²) in [5.41, 5.74) is 0.200. The molecular weight excluding hydrogens is 370 g/mol. The molecule has 0 radical (unpaired) electrons. The minimum atomic E-state index is -0.437. The highest BCUT2D eigenvalue weighted by Gasteiger charge is 2.51. The number of ether oxygens (including phenoxy) is 3. The van der Waals surface area contributed by atoms with E-state index in [4.69, 9.17) is 14.2 Å². The van der Waals surface area contributed by atoms with E-state index >= 15 is 0 Å². The molecule has 1 atom stereocenters. The molecule has 1 heterocycles. The molecule has 0 aromatic carbocycles. The van der Waals surface area contributed by atoms with Crippen LogP contribution in [0, 0.1) is 29.1 Å². The molecule has 1 aromatic heterocycles. The van der Waals surface area contributed by atoms with Crippen molar-refractivity contribution in [3.8, 4) is 5.75 Å². The Balaban J connectivity index is 1.13. The van der Waals surface area contributed by atoms with Crippen LogP contribution in [0.5, 0.6) is 5.75 Å². The summed E-state index contributed by atoms with van der Waals surface area (Å²) in [5.74, 6) is 2.51. The fraction of sp³-hybridized carbons (Fsp3) is 0.696. The van der Waals surface area contributed by atoms with Gasteiger partial charge in [0.2, 0.25) is 0 Å². The second-order valence-electron chi connectivity index (χ2n) is 9.54. The fourth-order valence-electron chi connectivity index (χ4n) is 6.00. The predicted molar refractivity (Wildman–Crippen MR) is 106 cm³/mol. The Labute approximate surface area is 172 Å². The van der Waals surface area contributed by atoms with Crippen LogP contribution in [0.3, 0.4) is 0 Å². The van der Waals surface area contributed by atoms with Gasteiger partial charge in [0, 0.05) is 18.3 Å². The molecule has 4 aliphatic carbocycles. The van der Waals surface area contributed by atoms with Crippen molar-refractivity contribution in [3.63, 3.8) is 0 Å². The molecule has 0 spiro atoms. The van der Waals surface area contributed by atoms with E-state index in [0.29, 0.717) is 12.2 Å². The van der Waals surface area contributed by atoms with Crippen molar-refractivity contribution >= 4 is 11.9 Å². The van der Waals surface area contributed by atoms with Gasteiger partial charge in [-0.3, -0.25) is 9.78 Å². The van der Waals surface area contributed by atoms with E-state index in [-0.39, 0.29) is 37.1 Å². The summed E-state index contributed by atoms with van der Waals surface area (Å²) in [6.07, 6.45) is 11.5. The molecule has 4 bridgehead atoms. The molecule has 4 saturated carbocycles. The Bertz CT molecular complexity index is 684. The number of carbonyl (C=O) groups is 2. The lowest BCUT2D eigenvalue weighted by molar-refractivity contribution is -0.155. The maximum Gasteiger partial charge on any atom is 0.344 e. The van der Waals surface area contributed by atoms with Gasteiger partial charge >= 0.3 is 11.9 Å². The topological polar surface area (TPSA) is 74.7 Å². The van der Waals surface area contributed by atoms with E-state index in [1.807, 2.05) is 6.92 Å². The first-order valence-electron chi connectivity index (χ1n) is 10.8. The highest BCUT2D eigenvalue weighted by Crippen LogP contribution is 2.61. The Morgan fingerprint density at radius 1 is 1.00 bits per heavy atom. The summed E-state index contributed by atoms with van der Waals surface area (Å²) in [6.45, 7) is 2.25. The monoisotopic (exact) mass is 401 g/mol. The van der Waals surface area contributed by atoms with Crippen LogP contribution in [-0.4, -0.2) is 36.7 Å². The van der Waals surface area contributed by atoms with Crippen molar-refractivity contribution in [2.75, 3.05) is 19.8 Å². The first-order valence-corrected chi connectivity index (χ1v) is 10.8. The molecule has 0 saturated heterocycles. The molecule has 1 unspecified atom stereocenters. The van der Waals surface area contributed by atoms with E-state index < -0.39 is 5.97 Å². The Morgan fingerprint density at radius 2 is 1.55 bits per heavy atom. The lowest BCUT2D eigenvalue weighted by Gasteiger charge is -2.56. The van der Waals surface area contributed by atoms with Gasteiger partial charge in [-0.25, -0.2) is 4.79 Å². The molecule has 5 rings (SSSR count). The number of carbonyl (C=O) groups excluding carboxylic acids is 2. The van der Waals surface area contributed by atoms with Crippen LogP contribution < -0.4 is 4.74 Å². The third-order valence-corrected chi connectivity index (χ3v) is 6.75.